The first-order chi connectivity index (χ1) is 16.5. The molecule has 0 aliphatic rings. The maximum absolute atomic E-state index is 13.2. The first-order valence-corrected chi connectivity index (χ1v) is 11.8. The van der Waals surface area contributed by atoms with Crippen LogP contribution in [0.25, 0.3) is 5.69 Å². The van der Waals surface area contributed by atoms with Crippen molar-refractivity contribution in [2.75, 3.05) is 32.1 Å². The van der Waals surface area contributed by atoms with E-state index in [0.717, 1.165) is 28.1 Å². The molecule has 7 nitrogen and oxygen atoms in total. The number of rotatable bonds is 8. The summed E-state index contributed by atoms with van der Waals surface area (Å²) in [5.41, 5.74) is 5.21. The first kappa shape index (κ1) is 26.2. The number of aromatic nitrogens is 2. The van der Waals surface area contributed by atoms with E-state index >= 15 is 0 Å². The van der Waals surface area contributed by atoms with Gasteiger partial charge in [0.1, 0.15) is 12.4 Å². The number of nitrogens with zero attached hydrogens (tertiary/aromatic N) is 3. The lowest BCUT2D eigenvalue weighted by Crippen LogP contribution is -2.40. The van der Waals surface area contributed by atoms with Gasteiger partial charge in [-0.3, -0.25) is 9.59 Å². The molecule has 0 bridgehead atoms. The summed E-state index contributed by atoms with van der Waals surface area (Å²) >= 11 is 0. The van der Waals surface area contributed by atoms with Crippen LogP contribution in [0.4, 0.5) is 5.82 Å². The van der Waals surface area contributed by atoms with Gasteiger partial charge in [-0.2, -0.15) is 5.10 Å². The van der Waals surface area contributed by atoms with E-state index in [2.05, 4.69) is 32.2 Å². The van der Waals surface area contributed by atoms with Gasteiger partial charge < -0.3 is 15.0 Å². The van der Waals surface area contributed by atoms with Crippen LogP contribution >= 0.6 is 0 Å². The third-order valence-electron chi connectivity index (χ3n) is 5.89. The molecular weight excluding hydrogens is 440 g/mol. The monoisotopic (exact) mass is 476 g/mol. The molecular formula is C28H36N4O3. The van der Waals surface area contributed by atoms with Crippen molar-refractivity contribution >= 4 is 17.6 Å². The average Bonchev–Trinajstić information content (AvgIpc) is 3.20. The Balaban J connectivity index is 1.90. The average molecular weight is 477 g/mol. The molecule has 0 unspecified atom stereocenters. The molecule has 0 aliphatic carbocycles. The van der Waals surface area contributed by atoms with Crippen LogP contribution in [0, 0.1) is 20.8 Å². The summed E-state index contributed by atoms with van der Waals surface area (Å²) in [6.07, 6.45) is 0. The highest BCUT2D eigenvalue weighted by Crippen LogP contribution is 2.28. The number of hydrogen-bond donors (Lipinski definition) is 1. The summed E-state index contributed by atoms with van der Waals surface area (Å²) in [5.74, 6) is 0.0740. The van der Waals surface area contributed by atoms with Crippen LogP contribution in [0.15, 0.2) is 48.5 Å². The summed E-state index contributed by atoms with van der Waals surface area (Å²) in [6, 6.07) is 15.4. The number of anilines is 1. The fourth-order valence-electron chi connectivity index (χ4n) is 3.86. The Labute approximate surface area is 208 Å². The van der Waals surface area contributed by atoms with E-state index in [-0.39, 0.29) is 23.8 Å². The van der Waals surface area contributed by atoms with E-state index in [0.29, 0.717) is 24.5 Å². The SMILES string of the molecule is COCCN(CC(=O)Nc1cc(C(C)(C)C)nn1-c1ccc(C)cc1C)C(=O)c1ccccc1C. The zero-order chi connectivity index (χ0) is 25.8. The number of carbonyl (C=O) groups is 2. The Morgan fingerprint density at radius 2 is 1.74 bits per heavy atom. The van der Waals surface area contributed by atoms with Crippen molar-refractivity contribution < 1.29 is 14.3 Å². The number of aryl methyl sites for hydroxylation is 3. The van der Waals surface area contributed by atoms with Crippen LogP contribution in [0.5, 0.6) is 0 Å². The molecule has 1 N–H and O–H groups in total. The largest absolute Gasteiger partial charge is 0.383 e. The predicted molar refractivity (Wildman–Crippen MR) is 139 cm³/mol. The lowest BCUT2D eigenvalue weighted by Gasteiger charge is -2.23. The smallest absolute Gasteiger partial charge is 0.254 e. The van der Waals surface area contributed by atoms with Crippen LogP contribution in [-0.2, 0) is 14.9 Å². The van der Waals surface area contributed by atoms with Crippen LogP contribution in [0.3, 0.4) is 0 Å². The standard InChI is InChI=1S/C28H36N4O3/c1-19-12-13-23(21(3)16-19)32-25(17-24(30-32)28(4,5)6)29-26(33)18-31(14-15-35-7)27(34)22-11-9-8-10-20(22)2/h8-13,16-17H,14-15,18H2,1-7H3,(H,29,33). The number of methoxy groups -OCH3 is 1. The van der Waals surface area contributed by atoms with E-state index in [1.54, 1.807) is 17.9 Å². The number of amides is 2. The lowest BCUT2D eigenvalue weighted by atomic mass is 9.92. The molecule has 0 saturated carbocycles. The quantitative estimate of drug-likeness (QED) is 0.506. The Kier molecular flexibility index (Phi) is 8.12. The fraction of sp³-hybridized carbons (Fsp3) is 0.393. The fourth-order valence-corrected chi connectivity index (χ4v) is 3.86. The predicted octanol–water partition coefficient (Wildman–Crippen LogP) is 4.82. The van der Waals surface area contributed by atoms with E-state index in [1.807, 2.05) is 57.2 Å². The molecule has 35 heavy (non-hydrogen) atoms. The number of benzene rings is 2. The Hall–Kier alpha value is -3.45. The topological polar surface area (TPSA) is 76.5 Å². The van der Waals surface area contributed by atoms with Crippen LogP contribution in [-0.4, -0.2) is 53.3 Å². The van der Waals surface area contributed by atoms with Gasteiger partial charge in [-0.1, -0.05) is 56.7 Å². The van der Waals surface area contributed by atoms with Crippen molar-refractivity contribution in [3.05, 3.63) is 76.5 Å². The second-order valence-corrected chi connectivity index (χ2v) is 9.95. The van der Waals surface area contributed by atoms with Gasteiger partial charge >= 0.3 is 0 Å². The van der Waals surface area contributed by atoms with Gasteiger partial charge in [-0.05, 0) is 44.0 Å². The highest BCUT2D eigenvalue weighted by atomic mass is 16.5. The number of carbonyl (C=O) groups excluding carboxylic acids is 2. The Bertz CT molecular complexity index is 1210. The zero-order valence-corrected chi connectivity index (χ0v) is 21.8. The third-order valence-corrected chi connectivity index (χ3v) is 5.89. The van der Waals surface area contributed by atoms with Crippen LogP contribution in [0.2, 0.25) is 0 Å². The molecule has 0 radical (unpaired) electrons. The first-order valence-electron chi connectivity index (χ1n) is 11.8. The molecule has 3 rings (SSSR count). The summed E-state index contributed by atoms with van der Waals surface area (Å²) < 4.78 is 6.96. The van der Waals surface area contributed by atoms with Gasteiger partial charge in [0.25, 0.3) is 5.91 Å². The van der Waals surface area contributed by atoms with Crippen molar-refractivity contribution in [2.24, 2.45) is 0 Å². The van der Waals surface area contributed by atoms with Crippen molar-refractivity contribution in [3.63, 3.8) is 0 Å². The molecule has 2 aromatic carbocycles. The van der Waals surface area contributed by atoms with E-state index in [4.69, 9.17) is 9.84 Å². The number of nitrogens with one attached hydrogen (secondary N) is 1. The van der Waals surface area contributed by atoms with Crippen molar-refractivity contribution in [3.8, 4) is 5.69 Å². The van der Waals surface area contributed by atoms with E-state index < -0.39 is 0 Å². The zero-order valence-electron chi connectivity index (χ0n) is 21.8. The second-order valence-electron chi connectivity index (χ2n) is 9.95. The summed E-state index contributed by atoms with van der Waals surface area (Å²) in [4.78, 5) is 28.0. The summed E-state index contributed by atoms with van der Waals surface area (Å²) in [6.45, 7) is 12.8. The van der Waals surface area contributed by atoms with Gasteiger partial charge in [0.15, 0.2) is 0 Å². The maximum atomic E-state index is 13.2. The van der Waals surface area contributed by atoms with Crippen molar-refractivity contribution in [1.29, 1.82) is 0 Å². The van der Waals surface area contributed by atoms with E-state index in [9.17, 15) is 9.59 Å². The van der Waals surface area contributed by atoms with Gasteiger partial charge in [0.05, 0.1) is 18.0 Å². The molecule has 3 aromatic rings. The Morgan fingerprint density at radius 1 is 1.03 bits per heavy atom. The van der Waals surface area contributed by atoms with Crippen molar-refractivity contribution in [2.45, 2.75) is 47.0 Å². The van der Waals surface area contributed by atoms with Crippen molar-refractivity contribution in [1.82, 2.24) is 14.7 Å². The molecule has 0 aliphatic heterocycles. The minimum atomic E-state index is -0.297. The number of ether oxygens (including phenoxy) is 1. The molecule has 2 amide bonds. The summed E-state index contributed by atoms with van der Waals surface area (Å²) in [5, 5.41) is 7.82. The second kappa shape index (κ2) is 10.9. The molecule has 0 saturated heterocycles. The molecule has 186 valence electrons. The van der Waals surface area contributed by atoms with E-state index in [1.165, 1.54) is 4.90 Å². The molecule has 7 heteroatoms. The maximum Gasteiger partial charge on any atom is 0.254 e. The van der Waals surface area contributed by atoms with Gasteiger partial charge in [0, 0.05) is 30.7 Å². The van der Waals surface area contributed by atoms with Gasteiger partial charge in [-0.15, -0.1) is 0 Å². The minimum Gasteiger partial charge on any atom is -0.383 e. The highest BCUT2D eigenvalue weighted by molar-refractivity contribution is 6.00. The molecule has 0 spiro atoms. The normalized spacial score (nSPS) is 11.4. The lowest BCUT2D eigenvalue weighted by molar-refractivity contribution is -0.117. The highest BCUT2D eigenvalue weighted by Gasteiger charge is 2.24. The third kappa shape index (κ3) is 6.36. The summed E-state index contributed by atoms with van der Waals surface area (Å²) in [7, 11) is 1.58. The van der Waals surface area contributed by atoms with Gasteiger partial charge in [-0.25, -0.2) is 4.68 Å². The van der Waals surface area contributed by atoms with Crippen LogP contribution < -0.4 is 5.32 Å². The molecule has 1 heterocycles. The molecule has 0 atom stereocenters. The van der Waals surface area contributed by atoms with Crippen LogP contribution in [0.1, 0.15) is 53.5 Å². The minimum absolute atomic E-state index is 0.0978. The number of hydrogen-bond acceptors (Lipinski definition) is 4. The molecule has 0 fully saturated rings. The van der Waals surface area contributed by atoms with Gasteiger partial charge in [0.2, 0.25) is 5.91 Å². The Morgan fingerprint density at radius 3 is 2.37 bits per heavy atom. The molecule has 1 aromatic heterocycles.